The van der Waals surface area contributed by atoms with Crippen LogP contribution in [-0.4, -0.2) is 91.2 Å². The van der Waals surface area contributed by atoms with Crippen molar-refractivity contribution in [2.24, 2.45) is 4.99 Å². The van der Waals surface area contributed by atoms with E-state index in [4.69, 9.17) is 18.9 Å². The highest BCUT2D eigenvalue weighted by Crippen LogP contribution is 2.08. The third-order valence-corrected chi connectivity index (χ3v) is 4.91. The van der Waals surface area contributed by atoms with Crippen LogP contribution in [-0.2, 0) is 28.5 Å². The van der Waals surface area contributed by atoms with Crippen molar-refractivity contribution in [1.29, 1.82) is 0 Å². The first-order chi connectivity index (χ1) is 18.4. The number of hydrogen-bond acceptors (Lipinski definition) is 11. The molecule has 230 valence electrons. The number of carbonyl (C=O) groups excluding carboxylic acids is 5. The first-order valence-electron chi connectivity index (χ1n) is 12.8. The first-order valence-corrected chi connectivity index (χ1v) is 14.1. The quantitative estimate of drug-likeness (QED) is 0.0916. The lowest BCUT2D eigenvalue weighted by atomic mass is 10.1. The van der Waals surface area contributed by atoms with Crippen molar-refractivity contribution in [2.45, 2.75) is 97.6 Å². The Kier molecular flexibility index (Phi) is 16.0. The highest BCUT2D eigenvalue weighted by molar-refractivity contribution is 7.98. The van der Waals surface area contributed by atoms with Gasteiger partial charge in [0, 0.05) is 12.3 Å². The maximum absolute atomic E-state index is 12.8. The van der Waals surface area contributed by atoms with E-state index in [2.05, 4.69) is 26.3 Å². The molecular weight excluding hydrogens is 546 g/mol. The van der Waals surface area contributed by atoms with Gasteiger partial charge in [-0.1, -0.05) is 0 Å². The van der Waals surface area contributed by atoms with Gasteiger partial charge in [0.1, 0.15) is 23.3 Å². The summed E-state index contributed by atoms with van der Waals surface area (Å²) in [6.07, 6.45) is -0.700. The molecule has 40 heavy (non-hydrogen) atoms. The van der Waals surface area contributed by atoms with Crippen LogP contribution in [0.15, 0.2) is 4.99 Å². The fourth-order valence-electron chi connectivity index (χ4n) is 2.80. The first kappa shape index (κ1) is 36.8. The van der Waals surface area contributed by atoms with Gasteiger partial charge in [-0.25, -0.2) is 19.2 Å². The third-order valence-electron chi connectivity index (χ3n) is 4.25. The summed E-state index contributed by atoms with van der Waals surface area (Å²) in [5.74, 6) is -1.25. The summed E-state index contributed by atoms with van der Waals surface area (Å²) < 4.78 is 20.3. The minimum absolute atomic E-state index is 0.0392. The molecule has 0 aromatic rings. The van der Waals surface area contributed by atoms with Crippen LogP contribution in [0.1, 0.15) is 68.2 Å². The summed E-state index contributed by atoms with van der Waals surface area (Å²) in [4.78, 5) is 65.8. The van der Waals surface area contributed by atoms with E-state index in [1.165, 1.54) is 18.9 Å². The molecule has 0 saturated heterocycles. The molecule has 15 heteroatoms. The number of guanidine groups is 1. The smallest absolute Gasteiger partial charge is 0.414 e. The van der Waals surface area contributed by atoms with Gasteiger partial charge in [-0.05, 0) is 74.5 Å². The van der Waals surface area contributed by atoms with Crippen molar-refractivity contribution in [3.8, 4) is 0 Å². The zero-order chi connectivity index (χ0) is 31.1. The molecule has 0 heterocycles. The zero-order valence-corrected chi connectivity index (χ0v) is 25.9. The van der Waals surface area contributed by atoms with E-state index in [-0.39, 0.29) is 37.2 Å². The Hall–Kier alpha value is -3.23. The Balaban J connectivity index is 5.43. The molecule has 0 fully saturated rings. The van der Waals surface area contributed by atoms with E-state index in [0.29, 0.717) is 0 Å². The number of aliphatic imine (C=N–C) groups is 1. The van der Waals surface area contributed by atoms with E-state index in [0.717, 1.165) is 0 Å². The number of thioether (sulfide) groups is 1. The molecule has 0 aliphatic rings. The van der Waals surface area contributed by atoms with E-state index in [1.807, 2.05) is 0 Å². The molecule has 0 aromatic heterocycles. The fraction of sp³-hybridized carbons (Fsp3) is 0.760. The van der Waals surface area contributed by atoms with Crippen LogP contribution < -0.4 is 21.3 Å². The van der Waals surface area contributed by atoms with Crippen LogP contribution in [0.3, 0.4) is 0 Å². The number of rotatable bonds is 11. The van der Waals surface area contributed by atoms with Crippen molar-refractivity contribution < 1.29 is 42.9 Å². The van der Waals surface area contributed by atoms with Gasteiger partial charge in [0.15, 0.2) is 0 Å². The summed E-state index contributed by atoms with van der Waals surface area (Å²) in [6, 6.07) is -1.99. The Morgan fingerprint density at radius 2 is 1.35 bits per heavy atom. The second-order valence-corrected chi connectivity index (χ2v) is 11.7. The van der Waals surface area contributed by atoms with Gasteiger partial charge in [-0.15, -0.1) is 0 Å². The SMILES string of the molecule is COC(=O)C(CCCN=C(NC(=O)OC(C)(C)C)NC(=O)OC(C)(C)C)NC(=O)[C@H](CSC)NC(=O)OC(C)C. The number of carbonyl (C=O) groups is 5. The monoisotopic (exact) mass is 591 g/mol. The number of amides is 4. The second kappa shape index (κ2) is 17.5. The Bertz CT molecular complexity index is 866. The Morgan fingerprint density at radius 3 is 1.77 bits per heavy atom. The molecule has 0 bridgehead atoms. The standard InChI is InChI=1S/C25H45N5O9S/c1-15(2)37-21(33)28-17(14-40-10)18(31)27-16(19(32)36-9)12-11-13-26-20(29-22(34)38-24(3,4)5)30-23(35)39-25(6,7)8/h15-17H,11-14H2,1-10H3,(H,27,31)(H,28,33)(H2,26,29,30,34,35)/t16?,17-/m0/s1. The van der Waals surface area contributed by atoms with Crippen molar-refractivity contribution in [3.05, 3.63) is 0 Å². The van der Waals surface area contributed by atoms with Gasteiger partial charge in [-0.2, -0.15) is 11.8 Å². The molecule has 0 rings (SSSR count). The minimum atomic E-state index is -1.04. The third kappa shape index (κ3) is 18.1. The summed E-state index contributed by atoms with van der Waals surface area (Å²) in [5, 5.41) is 9.81. The topological polar surface area (TPSA) is 183 Å². The number of esters is 1. The minimum Gasteiger partial charge on any atom is -0.467 e. The maximum atomic E-state index is 12.8. The number of nitrogens with one attached hydrogen (secondary N) is 4. The van der Waals surface area contributed by atoms with Crippen LogP contribution in [0, 0.1) is 0 Å². The van der Waals surface area contributed by atoms with Gasteiger partial charge in [0.25, 0.3) is 0 Å². The van der Waals surface area contributed by atoms with Crippen LogP contribution >= 0.6 is 11.8 Å². The average Bonchev–Trinajstić information content (AvgIpc) is 2.76. The maximum Gasteiger partial charge on any atom is 0.414 e. The number of alkyl carbamates (subject to hydrolysis) is 3. The van der Waals surface area contributed by atoms with Gasteiger partial charge in [0.05, 0.1) is 13.2 Å². The van der Waals surface area contributed by atoms with Gasteiger partial charge in [-0.3, -0.25) is 20.4 Å². The zero-order valence-electron chi connectivity index (χ0n) is 25.1. The van der Waals surface area contributed by atoms with Crippen LogP contribution in [0.2, 0.25) is 0 Å². The molecule has 4 amide bonds. The van der Waals surface area contributed by atoms with E-state index in [9.17, 15) is 24.0 Å². The summed E-state index contributed by atoms with van der Waals surface area (Å²) in [6.45, 7) is 13.5. The summed E-state index contributed by atoms with van der Waals surface area (Å²) in [7, 11) is 1.19. The number of methoxy groups -OCH3 is 1. The van der Waals surface area contributed by atoms with Crippen molar-refractivity contribution >= 4 is 47.9 Å². The summed E-state index contributed by atoms with van der Waals surface area (Å²) >= 11 is 1.33. The molecule has 0 radical (unpaired) electrons. The molecule has 4 N–H and O–H groups in total. The molecule has 0 aliphatic carbocycles. The Morgan fingerprint density at radius 1 is 0.825 bits per heavy atom. The molecule has 0 aromatic carbocycles. The highest BCUT2D eigenvalue weighted by Gasteiger charge is 2.28. The van der Waals surface area contributed by atoms with Crippen LogP contribution in [0.5, 0.6) is 0 Å². The largest absolute Gasteiger partial charge is 0.467 e. The average molecular weight is 592 g/mol. The predicted octanol–water partition coefficient (Wildman–Crippen LogP) is 2.70. The lowest BCUT2D eigenvalue weighted by molar-refractivity contribution is -0.145. The Labute approximate surface area is 240 Å². The molecule has 0 saturated carbocycles. The molecule has 1 unspecified atom stereocenters. The van der Waals surface area contributed by atoms with E-state index in [1.54, 1.807) is 61.6 Å². The lowest BCUT2D eigenvalue weighted by Crippen LogP contribution is -2.53. The van der Waals surface area contributed by atoms with E-state index >= 15 is 0 Å². The van der Waals surface area contributed by atoms with Crippen LogP contribution in [0.4, 0.5) is 14.4 Å². The second-order valence-electron chi connectivity index (χ2n) is 10.8. The van der Waals surface area contributed by atoms with E-state index < -0.39 is 53.4 Å². The fourth-order valence-corrected chi connectivity index (χ4v) is 3.37. The van der Waals surface area contributed by atoms with Gasteiger partial charge >= 0.3 is 24.2 Å². The number of ether oxygens (including phenoxy) is 4. The predicted molar refractivity (Wildman–Crippen MR) is 151 cm³/mol. The van der Waals surface area contributed by atoms with Crippen molar-refractivity contribution in [1.82, 2.24) is 21.3 Å². The normalized spacial score (nSPS) is 12.8. The van der Waals surface area contributed by atoms with Gasteiger partial charge < -0.3 is 29.6 Å². The highest BCUT2D eigenvalue weighted by atomic mass is 32.2. The molecule has 2 atom stereocenters. The molecule has 0 spiro atoms. The number of hydrogen-bond donors (Lipinski definition) is 4. The summed E-state index contributed by atoms with van der Waals surface area (Å²) in [5.41, 5.74) is -1.58. The molecular formula is C25H45N5O9S. The lowest BCUT2D eigenvalue weighted by Gasteiger charge is -2.22. The number of nitrogens with zero attached hydrogens (tertiary/aromatic N) is 1. The van der Waals surface area contributed by atoms with Crippen molar-refractivity contribution in [2.75, 3.05) is 25.7 Å². The van der Waals surface area contributed by atoms with Crippen molar-refractivity contribution in [3.63, 3.8) is 0 Å². The molecule has 0 aliphatic heterocycles. The molecule has 14 nitrogen and oxygen atoms in total. The van der Waals surface area contributed by atoms with Crippen LogP contribution in [0.25, 0.3) is 0 Å². The van der Waals surface area contributed by atoms with Gasteiger partial charge in [0.2, 0.25) is 11.9 Å².